The molecular weight excluding hydrogens is 368 g/mol. The Balaban J connectivity index is 1.41. The Morgan fingerprint density at radius 3 is 2.48 bits per heavy atom. The van der Waals surface area contributed by atoms with E-state index in [1.165, 1.54) is 32.1 Å². The Kier molecular flexibility index (Phi) is 6.04. The van der Waals surface area contributed by atoms with Gasteiger partial charge in [-0.05, 0) is 31.0 Å². The van der Waals surface area contributed by atoms with Crippen molar-refractivity contribution in [2.24, 2.45) is 0 Å². The molecule has 29 heavy (non-hydrogen) atoms. The van der Waals surface area contributed by atoms with Crippen LogP contribution in [0.2, 0.25) is 0 Å². The van der Waals surface area contributed by atoms with Gasteiger partial charge in [-0.3, -0.25) is 14.8 Å². The highest BCUT2D eigenvalue weighted by Gasteiger charge is 2.28. The first-order valence-corrected chi connectivity index (χ1v) is 10.5. The summed E-state index contributed by atoms with van der Waals surface area (Å²) in [5.74, 6) is 1.39. The fourth-order valence-corrected chi connectivity index (χ4v) is 4.49. The normalized spacial score (nSPS) is 18.6. The van der Waals surface area contributed by atoms with Gasteiger partial charge in [-0.15, -0.1) is 0 Å². The van der Waals surface area contributed by atoms with E-state index in [1.807, 2.05) is 23.1 Å². The smallest absolute Gasteiger partial charge is 0.271 e. The zero-order chi connectivity index (χ0) is 20.2. The van der Waals surface area contributed by atoms with Gasteiger partial charge < -0.3 is 14.4 Å². The van der Waals surface area contributed by atoms with Gasteiger partial charge in [0.1, 0.15) is 17.2 Å². The summed E-state index contributed by atoms with van der Waals surface area (Å²) in [6.45, 7) is 3.47. The van der Waals surface area contributed by atoms with Crippen LogP contribution in [0.1, 0.15) is 42.6 Å². The molecule has 1 N–H and O–H groups in total. The number of methoxy groups -OCH3 is 2. The van der Waals surface area contributed by atoms with Gasteiger partial charge >= 0.3 is 0 Å². The molecule has 1 saturated carbocycles. The third kappa shape index (κ3) is 4.24. The van der Waals surface area contributed by atoms with E-state index in [4.69, 9.17) is 9.47 Å². The largest absolute Gasteiger partial charge is 0.497 e. The number of hydrogen-bond donors (Lipinski definition) is 1. The lowest BCUT2D eigenvalue weighted by Crippen LogP contribution is -2.52. The van der Waals surface area contributed by atoms with Gasteiger partial charge in [0.2, 0.25) is 0 Å². The van der Waals surface area contributed by atoms with Crippen LogP contribution >= 0.6 is 0 Å². The first-order valence-electron chi connectivity index (χ1n) is 10.5. The quantitative estimate of drug-likeness (QED) is 0.838. The van der Waals surface area contributed by atoms with Crippen LogP contribution in [0.5, 0.6) is 11.5 Å². The summed E-state index contributed by atoms with van der Waals surface area (Å²) >= 11 is 0. The summed E-state index contributed by atoms with van der Waals surface area (Å²) in [4.78, 5) is 17.5. The number of rotatable bonds is 5. The van der Waals surface area contributed by atoms with Crippen LogP contribution in [-0.4, -0.2) is 72.3 Å². The predicted octanol–water partition coefficient (Wildman–Crippen LogP) is 3.18. The third-order valence-corrected chi connectivity index (χ3v) is 6.19. The molecule has 1 aliphatic carbocycles. The molecule has 2 heterocycles. The van der Waals surface area contributed by atoms with Crippen molar-refractivity contribution >= 4 is 5.91 Å². The van der Waals surface area contributed by atoms with E-state index in [9.17, 15) is 4.79 Å². The Morgan fingerprint density at radius 1 is 1.03 bits per heavy atom. The molecule has 1 saturated heterocycles. The minimum Gasteiger partial charge on any atom is -0.497 e. The number of nitrogens with one attached hydrogen (secondary N) is 1. The van der Waals surface area contributed by atoms with Crippen molar-refractivity contribution in [3.05, 3.63) is 30.0 Å². The van der Waals surface area contributed by atoms with Crippen LogP contribution in [0.25, 0.3) is 11.3 Å². The average Bonchev–Trinajstić information content (AvgIpc) is 3.29. The van der Waals surface area contributed by atoms with Crippen LogP contribution in [0, 0.1) is 0 Å². The number of carbonyl (C=O) groups is 1. The molecule has 0 atom stereocenters. The highest BCUT2D eigenvalue weighted by molar-refractivity contribution is 5.93. The van der Waals surface area contributed by atoms with Gasteiger partial charge in [0.15, 0.2) is 0 Å². The molecule has 2 aliphatic rings. The minimum atomic E-state index is 0.0134. The summed E-state index contributed by atoms with van der Waals surface area (Å²) in [5.41, 5.74) is 2.03. The van der Waals surface area contributed by atoms with Crippen molar-refractivity contribution in [1.29, 1.82) is 0 Å². The number of H-pyrrole nitrogens is 1. The topological polar surface area (TPSA) is 70.7 Å². The van der Waals surface area contributed by atoms with E-state index in [1.54, 1.807) is 20.3 Å². The lowest BCUT2D eigenvalue weighted by atomic mass is 9.94. The molecule has 1 aliphatic heterocycles. The molecule has 2 fully saturated rings. The number of amides is 1. The van der Waals surface area contributed by atoms with Gasteiger partial charge in [0.05, 0.1) is 19.9 Å². The van der Waals surface area contributed by atoms with Crippen LogP contribution in [-0.2, 0) is 0 Å². The first kappa shape index (κ1) is 19.8. The van der Waals surface area contributed by atoms with E-state index in [0.717, 1.165) is 31.7 Å². The summed E-state index contributed by atoms with van der Waals surface area (Å²) in [6, 6.07) is 8.09. The molecule has 1 aromatic heterocycles. The highest BCUT2D eigenvalue weighted by Crippen LogP contribution is 2.32. The van der Waals surface area contributed by atoms with Gasteiger partial charge in [-0.25, -0.2) is 0 Å². The van der Waals surface area contributed by atoms with Gasteiger partial charge in [0.25, 0.3) is 5.91 Å². The number of piperazine rings is 1. The van der Waals surface area contributed by atoms with Gasteiger partial charge in [0, 0.05) is 43.9 Å². The summed E-state index contributed by atoms with van der Waals surface area (Å²) in [7, 11) is 3.23. The maximum absolute atomic E-state index is 13.0. The number of nitrogens with zero attached hydrogens (tertiary/aromatic N) is 3. The number of aromatic nitrogens is 2. The van der Waals surface area contributed by atoms with Crippen molar-refractivity contribution in [1.82, 2.24) is 20.0 Å². The standard InChI is InChI=1S/C22H30N4O3/c1-28-17-8-9-18(21(14-17)29-2)19-15-20(24-23-19)22(27)26-12-10-25(11-13-26)16-6-4-3-5-7-16/h8-9,14-16H,3-7,10-13H2,1-2H3,(H,23,24). The van der Waals surface area contributed by atoms with E-state index in [0.29, 0.717) is 28.9 Å². The van der Waals surface area contributed by atoms with Crippen LogP contribution < -0.4 is 9.47 Å². The molecular formula is C22H30N4O3. The van der Waals surface area contributed by atoms with Crippen molar-refractivity contribution in [2.75, 3.05) is 40.4 Å². The van der Waals surface area contributed by atoms with E-state index >= 15 is 0 Å². The number of aromatic amines is 1. The second kappa shape index (κ2) is 8.86. The molecule has 0 bridgehead atoms. The molecule has 0 radical (unpaired) electrons. The summed E-state index contributed by atoms with van der Waals surface area (Å²) in [6.07, 6.45) is 6.67. The van der Waals surface area contributed by atoms with Crippen molar-refractivity contribution in [3.63, 3.8) is 0 Å². The van der Waals surface area contributed by atoms with E-state index in [-0.39, 0.29) is 5.91 Å². The zero-order valence-corrected chi connectivity index (χ0v) is 17.3. The Hall–Kier alpha value is -2.54. The van der Waals surface area contributed by atoms with Crippen LogP contribution in [0.4, 0.5) is 0 Å². The molecule has 0 unspecified atom stereocenters. The predicted molar refractivity (Wildman–Crippen MR) is 111 cm³/mol. The molecule has 7 nitrogen and oxygen atoms in total. The first-order chi connectivity index (χ1) is 14.2. The SMILES string of the molecule is COc1ccc(-c2cc(C(=O)N3CCN(C4CCCCC4)CC3)[nH]n2)c(OC)c1. The van der Waals surface area contributed by atoms with Crippen molar-refractivity contribution in [3.8, 4) is 22.8 Å². The van der Waals surface area contributed by atoms with Gasteiger partial charge in [-0.2, -0.15) is 5.10 Å². The maximum Gasteiger partial charge on any atom is 0.271 e. The molecule has 1 aromatic carbocycles. The Bertz CT molecular complexity index is 836. The molecule has 4 rings (SSSR count). The summed E-state index contributed by atoms with van der Waals surface area (Å²) < 4.78 is 10.7. The number of ether oxygens (including phenoxy) is 2. The third-order valence-electron chi connectivity index (χ3n) is 6.19. The average molecular weight is 399 g/mol. The molecule has 0 spiro atoms. The number of benzene rings is 1. The maximum atomic E-state index is 13.0. The fourth-order valence-electron chi connectivity index (χ4n) is 4.49. The number of carbonyl (C=O) groups excluding carboxylic acids is 1. The molecule has 2 aromatic rings. The zero-order valence-electron chi connectivity index (χ0n) is 17.3. The summed E-state index contributed by atoms with van der Waals surface area (Å²) in [5, 5.41) is 7.27. The second-order valence-electron chi connectivity index (χ2n) is 7.85. The van der Waals surface area contributed by atoms with E-state index < -0.39 is 0 Å². The fraction of sp³-hybridized carbons (Fsp3) is 0.545. The van der Waals surface area contributed by atoms with Crippen molar-refractivity contribution in [2.45, 2.75) is 38.1 Å². The Labute approximate surface area is 172 Å². The second-order valence-corrected chi connectivity index (χ2v) is 7.85. The van der Waals surface area contributed by atoms with E-state index in [2.05, 4.69) is 15.1 Å². The molecule has 1 amide bonds. The molecule has 7 heteroatoms. The van der Waals surface area contributed by atoms with Crippen LogP contribution in [0.3, 0.4) is 0 Å². The van der Waals surface area contributed by atoms with Gasteiger partial charge in [-0.1, -0.05) is 19.3 Å². The monoisotopic (exact) mass is 398 g/mol. The lowest BCUT2D eigenvalue weighted by Gasteiger charge is -2.40. The number of hydrogen-bond acceptors (Lipinski definition) is 5. The van der Waals surface area contributed by atoms with Crippen molar-refractivity contribution < 1.29 is 14.3 Å². The Morgan fingerprint density at radius 2 is 1.79 bits per heavy atom. The minimum absolute atomic E-state index is 0.0134. The lowest BCUT2D eigenvalue weighted by molar-refractivity contribution is 0.0518. The van der Waals surface area contributed by atoms with Crippen LogP contribution in [0.15, 0.2) is 24.3 Å². The highest BCUT2D eigenvalue weighted by atomic mass is 16.5. The molecule has 156 valence electrons.